The first kappa shape index (κ1) is 34.3. The van der Waals surface area contributed by atoms with Gasteiger partial charge in [-0.15, -0.1) is 0 Å². The molecule has 1 aliphatic rings. The van der Waals surface area contributed by atoms with Gasteiger partial charge in [0.2, 0.25) is 0 Å². The van der Waals surface area contributed by atoms with Crippen LogP contribution < -0.4 is 19.4 Å². The van der Waals surface area contributed by atoms with E-state index in [2.05, 4.69) is 184 Å². The molecule has 0 atom stereocenters. The van der Waals surface area contributed by atoms with Gasteiger partial charge in [-0.3, -0.25) is 4.57 Å². The van der Waals surface area contributed by atoms with Crippen molar-refractivity contribution in [2.45, 2.75) is 58.9 Å². The van der Waals surface area contributed by atoms with Gasteiger partial charge in [0.15, 0.2) is 0 Å². The van der Waals surface area contributed by atoms with Gasteiger partial charge in [-0.25, -0.2) is 4.98 Å². The lowest BCUT2D eigenvalue weighted by Crippen LogP contribution is -2.28. The molecule has 268 valence electrons. The van der Waals surface area contributed by atoms with E-state index < -0.39 is 0 Å². The van der Waals surface area contributed by atoms with Crippen LogP contribution in [0.4, 0.5) is 22.7 Å². The summed E-state index contributed by atoms with van der Waals surface area (Å²) >= 11 is 0. The molecule has 0 aliphatic carbocycles. The second kappa shape index (κ2) is 13.0. The molecule has 1 aliphatic heterocycles. The van der Waals surface area contributed by atoms with Crippen molar-refractivity contribution in [1.29, 1.82) is 0 Å². The van der Waals surface area contributed by atoms with Gasteiger partial charge < -0.3 is 19.4 Å². The van der Waals surface area contributed by atoms with E-state index in [0.29, 0.717) is 0 Å². The Balaban J connectivity index is 1.11. The molecule has 8 rings (SSSR count). The number of benzene rings is 5. The molecule has 0 amide bonds. The summed E-state index contributed by atoms with van der Waals surface area (Å²) in [5.41, 5.74) is 11.0. The molecule has 0 N–H and O–H groups in total. The zero-order valence-corrected chi connectivity index (χ0v) is 32.2. The minimum atomic E-state index is 0.0700. The number of ether oxygens (including phenoxy) is 1. The van der Waals surface area contributed by atoms with E-state index in [1.54, 1.807) is 0 Å². The maximum absolute atomic E-state index is 6.65. The minimum Gasteiger partial charge on any atom is -0.457 e. The van der Waals surface area contributed by atoms with Crippen molar-refractivity contribution in [3.05, 3.63) is 144 Å². The van der Waals surface area contributed by atoms with Crippen molar-refractivity contribution < 1.29 is 4.74 Å². The normalized spacial score (nSPS) is 13.2. The van der Waals surface area contributed by atoms with Gasteiger partial charge in [0.05, 0.1) is 29.1 Å². The van der Waals surface area contributed by atoms with Crippen molar-refractivity contribution in [1.82, 2.24) is 9.55 Å². The van der Waals surface area contributed by atoms with Gasteiger partial charge in [-0.05, 0) is 76.1 Å². The number of pyridine rings is 1. The van der Waals surface area contributed by atoms with E-state index >= 15 is 0 Å². The summed E-state index contributed by atoms with van der Waals surface area (Å²) in [4.78, 5) is 11.8. The molecule has 0 spiro atoms. The summed E-state index contributed by atoms with van der Waals surface area (Å²) < 4.78 is 8.89. The second-order valence-corrected chi connectivity index (χ2v) is 16.6. The highest BCUT2D eigenvalue weighted by Crippen LogP contribution is 2.43. The van der Waals surface area contributed by atoms with Gasteiger partial charge in [0.1, 0.15) is 17.3 Å². The molecule has 5 aromatic carbocycles. The van der Waals surface area contributed by atoms with E-state index in [1.807, 2.05) is 18.3 Å². The van der Waals surface area contributed by atoms with Crippen LogP contribution in [0.25, 0.3) is 27.6 Å². The zero-order chi connectivity index (χ0) is 37.1. The third-order valence-electron chi connectivity index (χ3n) is 10.4. The number of rotatable bonds is 7. The summed E-state index contributed by atoms with van der Waals surface area (Å²) in [5, 5.41) is 2.35. The van der Waals surface area contributed by atoms with Gasteiger partial charge in [-0.2, -0.15) is 0 Å². The maximum atomic E-state index is 6.65. The van der Waals surface area contributed by atoms with Crippen molar-refractivity contribution in [3.63, 3.8) is 0 Å². The first-order valence-electron chi connectivity index (χ1n) is 18.5. The number of hydrogen-bond donors (Lipinski definition) is 0. The molecule has 3 heterocycles. The van der Waals surface area contributed by atoms with Gasteiger partial charge >= 0.3 is 0 Å². The van der Waals surface area contributed by atoms with Crippen LogP contribution in [0.1, 0.15) is 58.2 Å². The summed E-state index contributed by atoms with van der Waals surface area (Å²) in [7, 11) is 4.11. The summed E-state index contributed by atoms with van der Waals surface area (Å²) in [6.45, 7) is 15.4. The Morgan fingerprint density at radius 1 is 0.642 bits per heavy atom. The van der Waals surface area contributed by atoms with Crippen molar-refractivity contribution in [2.24, 2.45) is 0 Å². The second-order valence-electron chi connectivity index (χ2n) is 16.6. The quantitative estimate of drug-likeness (QED) is 0.166. The topological polar surface area (TPSA) is 36.8 Å². The summed E-state index contributed by atoms with van der Waals surface area (Å²) in [6.07, 6.45) is 1.88. The lowest BCUT2D eigenvalue weighted by Gasteiger charge is -2.28. The van der Waals surface area contributed by atoms with Crippen LogP contribution in [0.3, 0.4) is 0 Å². The highest BCUT2D eigenvalue weighted by Gasteiger charge is 2.28. The third kappa shape index (κ3) is 6.59. The third-order valence-corrected chi connectivity index (χ3v) is 10.4. The predicted molar refractivity (Wildman–Crippen MR) is 223 cm³/mol. The number of hydrogen-bond acceptors (Lipinski definition) is 5. The van der Waals surface area contributed by atoms with E-state index in [1.165, 1.54) is 33.5 Å². The van der Waals surface area contributed by atoms with E-state index in [-0.39, 0.29) is 10.8 Å². The Bertz CT molecular complexity index is 2430. The fraction of sp³-hybridized carbons (Fsp3) is 0.255. The molecule has 2 aromatic heterocycles. The Labute approximate surface area is 313 Å². The number of anilines is 4. The Kier molecular flexibility index (Phi) is 8.44. The Hall–Kier alpha value is -5.75. The molecular weight excluding hydrogens is 651 g/mol. The molecule has 0 bridgehead atoms. The van der Waals surface area contributed by atoms with E-state index in [4.69, 9.17) is 9.72 Å². The highest BCUT2D eigenvalue weighted by molar-refractivity contribution is 6.09. The average Bonchev–Trinajstić information content (AvgIpc) is 3.66. The monoisotopic (exact) mass is 699 g/mol. The van der Waals surface area contributed by atoms with Gasteiger partial charge in [0, 0.05) is 67.2 Å². The minimum absolute atomic E-state index is 0.0700. The fourth-order valence-corrected chi connectivity index (χ4v) is 7.43. The fourth-order valence-electron chi connectivity index (χ4n) is 7.43. The smallest absolute Gasteiger partial charge is 0.139 e. The van der Waals surface area contributed by atoms with Crippen LogP contribution in [-0.4, -0.2) is 30.3 Å². The molecule has 0 radical (unpaired) electrons. The van der Waals surface area contributed by atoms with Crippen molar-refractivity contribution >= 4 is 44.6 Å². The highest BCUT2D eigenvalue weighted by atomic mass is 16.5. The lowest BCUT2D eigenvalue weighted by atomic mass is 9.79. The maximum Gasteiger partial charge on any atom is 0.139 e. The number of aromatic nitrogens is 2. The lowest BCUT2D eigenvalue weighted by molar-refractivity contribution is 0.483. The molecule has 7 aromatic rings. The molecule has 0 unspecified atom stereocenters. The molecule has 53 heavy (non-hydrogen) atoms. The number of fused-ring (bicyclic) bond motifs is 4. The van der Waals surface area contributed by atoms with Crippen molar-refractivity contribution in [2.75, 3.05) is 35.5 Å². The van der Waals surface area contributed by atoms with Crippen LogP contribution in [0, 0.1) is 0 Å². The standard InChI is InChI=1S/C47H49N5O/c1-46(2,3)33-24-32(25-34(26-33)47(4,5)6)30-50-31-51(43-19-12-11-18-42(43)50)36-14-13-15-37(27-36)53-38-20-21-40-39-16-9-10-17-41(39)52(44(40)29-38)45-28-35(49(7)8)22-23-48-45/h9-29H,30-31H2,1-8H3. The SMILES string of the molecule is CN(C)c1ccnc(-n2c3ccccc3c3ccc(Oc4cccc(N5CN(Cc6cc(C(C)(C)C)cc(C(C)(C)C)c6)c6ccccc65)c4)cc32)c1. The summed E-state index contributed by atoms with van der Waals surface area (Å²) in [6, 6.07) is 43.4. The average molecular weight is 700 g/mol. The number of para-hydroxylation sites is 3. The number of nitrogens with zero attached hydrogens (tertiary/aromatic N) is 5. The van der Waals surface area contributed by atoms with E-state index in [0.717, 1.165) is 58.3 Å². The van der Waals surface area contributed by atoms with Crippen LogP contribution in [0.5, 0.6) is 11.5 Å². The first-order valence-corrected chi connectivity index (χ1v) is 18.5. The molecular formula is C47H49N5O. The van der Waals surface area contributed by atoms with Crippen LogP contribution in [-0.2, 0) is 17.4 Å². The van der Waals surface area contributed by atoms with Crippen LogP contribution >= 0.6 is 0 Å². The zero-order valence-electron chi connectivity index (χ0n) is 32.2. The molecule has 0 fully saturated rings. The molecule has 6 nitrogen and oxygen atoms in total. The molecule has 6 heteroatoms. The van der Waals surface area contributed by atoms with Crippen molar-refractivity contribution in [3.8, 4) is 17.3 Å². The largest absolute Gasteiger partial charge is 0.457 e. The Morgan fingerprint density at radius 3 is 2.06 bits per heavy atom. The predicted octanol–water partition coefficient (Wildman–Crippen LogP) is 11.7. The molecule has 0 saturated carbocycles. The van der Waals surface area contributed by atoms with Gasteiger partial charge in [0.25, 0.3) is 0 Å². The first-order chi connectivity index (χ1) is 25.3. The Morgan fingerprint density at radius 2 is 1.32 bits per heavy atom. The van der Waals surface area contributed by atoms with Gasteiger partial charge in [-0.1, -0.05) is 96.1 Å². The van der Waals surface area contributed by atoms with E-state index in [9.17, 15) is 0 Å². The summed E-state index contributed by atoms with van der Waals surface area (Å²) in [5.74, 6) is 2.44. The van der Waals surface area contributed by atoms with Crippen LogP contribution in [0.15, 0.2) is 128 Å². The van der Waals surface area contributed by atoms with Crippen LogP contribution in [0.2, 0.25) is 0 Å². The molecule has 0 saturated heterocycles.